The van der Waals surface area contributed by atoms with Gasteiger partial charge in [0.25, 0.3) is 5.91 Å². The summed E-state index contributed by atoms with van der Waals surface area (Å²) in [5, 5.41) is 10.5. The quantitative estimate of drug-likeness (QED) is 0.751. The fourth-order valence-electron chi connectivity index (χ4n) is 4.39. The maximum atomic E-state index is 13.8. The third-order valence-electron chi connectivity index (χ3n) is 5.98. The molecule has 2 aliphatic heterocycles. The van der Waals surface area contributed by atoms with Gasteiger partial charge in [0.2, 0.25) is 5.43 Å². The Balaban J connectivity index is 1.66. The average Bonchev–Trinajstić information content (AvgIpc) is 2.69. The number of Topliss-reactive ketones (excluding diaryl/α,β-unsaturated/α-hetero) is 1. The van der Waals surface area contributed by atoms with Gasteiger partial charge in [0.15, 0.2) is 23.0 Å². The molecular formula is C22H22F2N2O5. The maximum absolute atomic E-state index is 13.8. The van der Waals surface area contributed by atoms with Gasteiger partial charge in [-0.15, -0.1) is 0 Å². The van der Waals surface area contributed by atoms with E-state index in [1.807, 2.05) is 6.92 Å². The van der Waals surface area contributed by atoms with Crippen molar-refractivity contribution >= 4 is 11.7 Å². The Morgan fingerprint density at radius 2 is 2.06 bits per heavy atom. The zero-order valence-electron chi connectivity index (χ0n) is 17.2. The summed E-state index contributed by atoms with van der Waals surface area (Å²) in [6, 6.07) is 2.92. The summed E-state index contributed by atoms with van der Waals surface area (Å²) in [4.78, 5) is 39.9. The molecular weight excluding hydrogens is 410 g/mol. The van der Waals surface area contributed by atoms with Crippen LogP contribution in [0.1, 0.15) is 53.1 Å². The third kappa shape index (κ3) is 3.52. The number of ether oxygens (including phenoxy) is 1. The number of hydrogen-bond acceptors (Lipinski definition) is 5. The Hall–Kier alpha value is -3.07. The Morgan fingerprint density at radius 1 is 1.32 bits per heavy atom. The highest BCUT2D eigenvalue weighted by atomic mass is 19.1. The number of nitrogens with zero attached hydrogens (tertiary/aromatic N) is 2. The van der Waals surface area contributed by atoms with E-state index in [1.165, 1.54) is 21.7 Å². The second kappa shape index (κ2) is 7.56. The second-order valence-electron chi connectivity index (χ2n) is 8.19. The van der Waals surface area contributed by atoms with Crippen LogP contribution in [-0.4, -0.2) is 44.6 Å². The number of aromatic nitrogens is 1. The smallest absolute Gasteiger partial charge is 0.277 e. The molecule has 1 saturated heterocycles. The first-order valence-corrected chi connectivity index (χ1v) is 10.0. The molecule has 0 bridgehead atoms. The number of rotatable bonds is 4. The maximum Gasteiger partial charge on any atom is 0.277 e. The lowest BCUT2D eigenvalue weighted by Crippen LogP contribution is -2.64. The molecule has 0 aliphatic carbocycles. The second-order valence-corrected chi connectivity index (χ2v) is 8.19. The number of amides is 1. The van der Waals surface area contributed by atoms with Gasteiger partial charge in [-0.3, -0.25) is 14.4 Å². The number of fused-ring (bicyclic) bond motifs is 2. The summed E-state index contributed by atoms with van der Waals surface area (Å²) in [5.41, 5.74) is -2.25. The van der Waals surface area contributed by atoms with E-state index < -0.39 is 40.2 Å². The number of pyridine rings is 1. The Morgan fingerprint density at radius 3 is 2.77 bits per heavy atom. The van der Waals surface area contributed by atoms with Crippen LogP contribution in [0.25, 0.3) is 0 Å². The number of carbonyl (C=O) groups excluding carboxylic acids is 2. The highest BCUT2D eigenvalue weighted by Crippen LogP contribution is 2.36. The van der Waals surface area contributed by atoms with Crippen molar-refractivity contribution in [3.8, 4) is 5.75 Å². The molecule has 1 amide bonds. The first-order chi connectivity index (χ1) is 14.6. The number of ketones is 1. The fraction of sp³-hybridized carbons (Fsp3) is 0.409. The largest absolute Gasteiger partial charge is 0.503 e. The summed E-state index contributed by atoms with van der Waals surface area (Å²) < 4.78 is 34.1. The molecule has 0 saturated carbocycles. The molecule has 9 heteroatoms. The van der Waals surface area contributed by atoms with Crippen molar-refractivity contribution in [3.63, 3.8) is 0 Å². The highest BCUT2D eigenvalue weighted by Gasteiger charge is 2.48. The van der Waals surface area contributed by atoms with E-state index >= 15 is 0 Å². The lowest BCUT2D eigenvalue weighted by Gasteiger charge is -2.51. The number of aryl methyl sites for hydroxylation is 1. The molecule has 164 valence electrons. The summed E-state index contributed by atoms with van der Waals surface area (Å²) in [6.07, 6.45) is 1.62. The van der Waals surface area contributed by atoms with Gasteiger partial charge in [-0.25, -0.2) is 8.78 Å². The minimum absolute atomic E-state index is 0.0437. The Kier molecular flexibility index (Phi) is 5.17. The fourth-order valence-corrected chi connectivity index (χ4v) is 4.39. The van der Waals surface area contributed by atoms with Gasteiger partial charge in [0.05, 0.1) is 18.7 Å². The highest BCUT2D eigenvalue weighted by molar-refractivity contribution is 6.00. The molecule has 0 unspecified atom stereocenters. The van der Waals surface area contributed by atoms with Crippen molar-refractivity contribution in [1.29, 1.82) is 0 Å². The van der Waals surface area contributed by atoms with Gasteiger partial charge in [0, 0.05) is 24.7 Å². The monoisotopic (exact) mass is 432 g/mol. The van der Waals surface area contributed by atoms with E-state index in [0.717, 1.165) is 12.1 Å². The van der Waals surface area contributed by atoms with E-state index in [2.05, 4.69) is 0 Å². The molecule has 1 fully saturated rings. The molecule has 1 aromatic carbocycles. The summed E-state index contributed by atoms with van der Waals surface area (Å²) in [6.45, 7) is 4.21. The minimum Gasteiger partial charge on any atom is -0.503 e. The number of halogens is 2. The van der Waals surface area contributed by atoms with Crippen molar-refractivity contribution in [2.75, 3.05) is 6.61 Å². The number of benzene rings is 1. The van der Waals surface area contributed by atoms with E-state index in [9.17, 15) is 28.3 Å². The molecule has 1 aromatic heterocycles. The van der Waals surface area contributed by atoms with Gasteiger partial charge in [-0.2, -0.15) is 0 Å². The first kappa shape index (κ1) is 21.2. The molecule has 4 rings (SSSR count). The van der Waals surface area contributed by atoms with Crippen LogP contribution in [0.15, 0.2) is 29.2 Å². The van der Waals surface area contributed by atoms with E-state index in [4.69, 9.17) is 4.74 Å². The van der Waals surface area contributed by atoms with Crippen LogP contribution in [0.2, 0.25) is 0 Å². The van der Waals surface area contributed by atoms with Crippen LogP contribution in [0.5, 0.6) is 5.75 Å². The van der Waals surface area contributed by atoms with E-state index in [1.54, 1.807) is 6.92 Å². The summed E-state index contributed by atoms with van der Waals surface area (Å²) in [5.74, 6) is -3.44. The molecule has 0 spiro atoms. The van der Waals surface area contributed by atoms with Crippen LogP contribution < -0.4 is 5.43 Å². The lowest BCUT2D eigenvalue weighted by molar-refractivity contribution is -0.185. The van der Waals surface area contributed by atoms with Gasteiger partial charge in [0.1, 0.15) is 11.6 Å². The van der Waals surface area contributed by atoms with Crippen LogP contribution >= 0.6 is 0 Å². The van der Waals surface area contributed by atoms with Crippen LogP contribution in [0.3, 0.4) is 0 Å². The number of carbonyl (C=O) groups is 2. The third-order valence-corrected chi connectivity index (χ3v) is 5.98. The van der Waals surface area contributed by atoms with Crippen molar-refractivity contribution in [2.45, 2.75) is 51.4 Å². The number of aromatic hydroxyl groups is 1. The van der Waals surface area contributed by atoms with Crippen LogP contribution in [-0.2, 0) is 17.7 Å². The van der Waals surface area contributed by atoms with Gasteiger partial charge in [-0.1, -0.05) is 6.07 Å². The SMILES string of the molecule is C[C@@H]1CCO[C@@]2(C)Cn3cc(C(=O)CCc4ccc(F)cc4F)c(=O)c(O)c3C(=O)N12. The van der Waals surface area contributed by atoms with Crippen molar-refractivity contribution in [2.24, 2.45) is 0 Å². The van der Waals surface area contributed by atoms with Crippen molar-refractivity contribution in [1.82, 2.24) is 9.47 Å². The van der Waals surface area contributed by atoms with Gasteiger partial charge < -0.3 is 19.3 Å². The number of hydrogen-bond donors (Lipinski definition) is 1. The average molecular weight is 432 g/mol. The van der Waals surface area contributed by atoms with Crippen molar-refractivity contribution < 1.29 is 28.2 Å². The normalized spacial score (nSPS) is 22.8. The van der Waals surface area contributed by atoms with Crippen LogP contribution in [0, 0.1) is 11.6 Å². The summed E-state index contributed by atoms with van der Waals surface area (Å²) >= 11 is 0. The molecule has 2 aliphatic rings. The molecule has 7 nitrogen and oxygen atoms in total. The Labute approximate surface area is 176 Å². The standard InChI is InChI=1S/C22H22F2N2O5/c1-12-7-8-31-22(2)11-25-10-15(19(28)20(29)18(25)21(30)26(12)22)17(27)6-4-13-3-5-14(23)9-16(13)24/h3,5,9-10,12,29H,4,6-8,11H2,1-2H3/t12-,22+/m1/s1. The summed E-state index contributed by atoms with van der Waals surface area (Å²) in [7, 11) is 0. The first-order valence-electron chi connectivity index (χ1n) is 10.0. The van der Waals surface area contributed by atoms with Gasteiger partial charge >= 0.3 is 0 Å². The zero-order valence-corrected chi connectivity index (χ0v) is 17.2. The zero-order chi connectivity index (χ0) is 22.5. The molecule has 3 heterocycles. The van der Waals surface area contributed by atoms with Crippen molar-refractivity contribution in [3.05, 3.63) is 63.1 Å². The molecule has 31 heavy (non-hydrogen) atoms. The molecule has 1 N–H and O–H groups in total. The lowest BCUT2D eigenvalue weighted by atomic mass is 9.98. The minimum atomic E-state index is -0.971. The van der Waals surface area contributed by atoms with Crippen LogP contribution in [0.4, 0.5) is 8.78 Å². The topological polar surface area (TPSA) is 88.8 Å². The predicted octanol–water partition coefficient (Wildman–Crippen LogP) is 2.63. The molecule has 2 aromatic rings. The predicted molar refractivity (Wildman–Crippen MR) is 106 cm³/mol. The molecule has 0 radical (unpaired) electrons. The van der Waals surface area contributed by atoms with E-state index in [0.29, 0.717) is 13.0 Å². The Bertz CT molecular complexity index is 1150. The van der Waals surface area contributed by atoms with E-state index in [-0.39, 0.29) is 42.2 Å². The van der Waals surface area contributed by atoms with Gasteiger partial charge in [-0.05, 0) is 38.3 Å². The molecule has 2 atom stereocenters.